The molecule has 2 heterocycles. The van der Waals surface area contributed by atoms with Gasteiger partial charge in [0.1, 0.15) is 36.3 Å². The zero-order chi connectivity index (χ0) is 28.3. The van der Waals surface area contributed by atoms with Crippen LogP contribution in [0.5, 0.6) is 5.75 Å². The van der Waals surface area contributed by atoms with E-state index >= 15 is 0 Å². The van der Waals surface area contributed by atoms with Crippen LogP contribution in [0.25, 0.3) is 0 Å². The van der Waals surface area contributed by atoms with Gasteiger partial charge in [-0.1, -0.05) is 12.2 Å². The first-order chi connectivity index (χ1) is 17.9. The average molecular weight is 534 g/mol. The van der Waals surface area contributed by atoms with Crippen LogP contribution in [0.3, 0.4) is 0 Å². The van der Waals surface area contributed by atoms with E-state index in [0.717, 1.165) is 10.9 Å². The number of pyridine rings is 1. The molecular formula is C25H25F3N4O6. The van der Waals surface area contributed by atoms with Gasteiger partial charge >= 0.3 is 5.97 Å². The van der Waals surface area contributed by atoms with Crippen molar-refractivity contribution in [2.24, 2.45) is 0 Å². The molecule has 202 valence electrons. The summed E-state index contributed by atoms with van der Waals surface area (Å²) in [6, 6.07) is -0.455. The predicted octanol–water partition coefficient (Wildman–Crippen LogP) is 1.94. The summed E-state index contributed by atoms with van der Waals surface area (Å²) in [7, 11) is 0. The number of carbonyl (C=O) groups excluding carboxylic acids is 3. The SMILES string of the molecule is C=CC(C)N1CN([C@H](C=C)COC(C)=O)C(=O)c2c(O)c(=O)c(C(=O)NCc3c(F)cc(F)cc3F)cn21. The summed E-state index contributed by atoms with van der Waals surface area (Å²) in [6.45, 7) is 9.14. The third-order valence-corrected chi connectivity index (χ3v) is 5.92. The van der Waals surface area contributed by atoms with Gasteiger partial charge in [-0.15, -0.1) is 13.2 Å². The Balaban J connectivity index is 2.02. The highest BCUT2D eigenvalue weighted by Crippen LogP contribution is 2.25. The minimum atomic E-state index is -1.24. The summed E-state index contributed by atoms with van der Waals surface area (Å²) in [5, 5.41) is 14.4. The normalized spacial score (nSPS) is 14.4. The number of amides is 2. The lowest BCUT2D eigenvalue weighted by molar-refractivity contribution is -0.142. The number of fused-ring (bicyclic) bond motifs is 1. The monoisotopic (exact) mass is 534 g/mol. The highest BCUT2D eigenvalue weighted by molar-refractivity contribution is 5.99. The van der Waals surface area contributed by atoms with Crippen molar-refractivity contribution in [3.63, 3.8) is 0 Å². The van der Waals surface area contributed by atoms with Crippen molar-refractivity contribution in [3.05, 3.63) is 88.1 Å². The van der Waals surface area contributed by atoms with Gasteiger partial charge in [-0.05, 0) is 6.92 Å². The number of esters is 1. The largest absolute Gasteiger partial charge is 0.502 e. The Morgan fingerprint density at radius 3 is 2.37 bits per heavy atom. The smallest absolute Gasteiger partial charge is 0.302 e. The number of hydrogen-bond donors (Lipinski definition) is 2. The molecule has 13 heteroatoms. The molecule has 38 heavy (non-hydrogen) atoms. The van der Waals surface area contributed by atoms with Gasteiger partial charge in [0, 0.05) is 37.4 Å². The van der Waals surface area contributed by atoms with Crippen LogP contribution in [-0.4, -0.2) is 57.8 Å². The topological polar surface area (TPSA) is 121 Å². The highest BCUT2D eigenvalue weighted by Gasteiger charge is 2.38. The van der Waals surface area contributed by atoms with E-state index in [1.54, 1.807) is 6.92 Å². The van der Waals surface area contributed by atoms with Crippen LogP contribution in [0, 0.1) is 17.5 Å². The van der Waals surface area contributed by atoms with Crippen molar-refractivity contribution in [2.45, 2.75) is 32.5 Å². The van der Waals surface area contributed by atoms with Crippen molar-refractivity contribution < 1.29 is 37.4 Å². The van der Waals surface area contributed by atoms with Crippen LogP contribution in [0.2, 0.25) is 0 Å². The Morgan fingerprint density at radius 1 is 1.18 bits per heavy atom. The number of ether oxygens (including phenoxy) is 1. The fourth-order valence-electron chi connectivity index (χ4n) is 3.77. The molecule has 0 spiro atoms. The Bertz CT molecular complexity index is 1350. The van der Waals surface area contributed by atoms with Crippen LogP contribution in [0.15, 0.2) is 48.4 Å². The van der Waals surface area contributed by atoms with Crippen LogP contribution < -0.4 is 15.8 Å². The molecule has 3 rings (SSSR count). The Hall–Kier alpha value is -4.55. The second-order valence-corrected chi connectivity index (χ2v) is 8.38. The average Bonchev–Trinajstić information content (AvgIpc) is 2.85. The maximum atomic E-state index is 14.0. The molecule has 1 aromatic heterocycles. The summed E-state index contributed by atoms with van der Waals surface area (Å²) >= 11 is 0. The van der Waals surface area contributed by atoms with Crippen molar-refractivity contribution >= 4 is 17.8 Å². The molecule has 1 unspecified atom stereocenters. The molecule has 0 saturated heterocycles. The number of rotatable bonds is 9. The summed E-state index contributed by atoms with van der Waals surface area (Å²) < 4.78 is 47.2. The maximum absolute atomic E-state index is 14.0. The lowest BCUT2D eigenvalue weighted by Crippen LogP contribution is -2.60. The highest BCUT2D eigenvalue weighted by atomic mass is 19.1. The molecule has 0 radical (unpaired) electrons. The first-order valence-corrected chi connectivity index (χ1v) is 11.3. The molecule has 1 aliphatic rings. The number of hydrogen-bond acceptors (Lipinski definition) is 7. The molecule has 0 saturated carbocycles. The summed E-state index contributed by atoms with van der Waals surface area (Å²) in [5.74, 6) is -7.19. The summed E-state index contributed by atoms with van der Waals surface area (Å²) in [6.07, 6.45) is 3.87. The van der Waals surface area contributed by atoms with Gasteiger partial charge in [0.25, 0.3) is 11.8 Å². The zero-order valence-corrected chi connectivity index (χ0v) is 20.5. The molecule has 1 aromatic carbocycles. The fourth-order valence-corrected chi connectivity index (χ4v) is 3.77. The van der Waals surface area contributed by atoms with Crippen molar-refractivity contribution in [3.8, 4) is 5.75 Å². The standard InChI is InChI=1S/C25H25F3N4O6/c1-5-13(3)32-12-30(16(6-2)11-38-14(4)33)25(37)21-23(35)22(34)18(10-31(21)32)24(36)29-9-17-19(27)7-15(26)8-20(17)28/h5-8,10,13,16,35H,1-2,9,11-12H2,3-4H3,(H,29,36)/t13?,16-/m1/s1. The van der Waals surface area contributed by atoms with Gasteiger partial charge in [-0.25, -0.2) is 13.2 Å². The van der Waals surface area contributed by atoms with Gasteiger partial charge in [-0.2, -0.15) is 0 Å². The van der Waals surface area contributed by atoms with Crippen LogP contribution >= 0.6 is 0 Å². The molecule has 0 bridgehead atoms. The molecular weight excluding hydrogens is 509 g/mol. The van der Waals surface area contributed by atoms with E-state index in [1.807, 2.05) is 0 Å². The lowest BCUT2D eigenvalue weighted by atomic mass is 10.1. The quantitative estimate of drug-likeness (QED) is 0.373. The first kappa shape index (κ1) is 28.0. The fraction of sp³-hybridized carbons (Fsp3) is 0.280. The Morgan fingerprint density at radius 2 is 1.82 bits per heavy atom. The number of benzene rings is 1. The van der Waals surface area contributed by atoms with Crippen molar-refractivity contribution in [2.75, 3.05) is 18.3 Å². The molecule has 2 aromatic rings. The lowest BCUT2D eigenvalue weighted by Gasteiger charge is -2.44. The minimum Gasteiger partial charge on any atom is -0.502 e. The van der Waals surface area contributed by atoms with Crippen molar-refractivity contribution in [1.29, 1.82) is 0 Å². The first-order valence-electron chi connectivity index (χ1n) is 11.3. The van der Waals surface area contributed by atoms with Gasteiger partial charge in [0.05, 0.1) is 12.1 Å². The summed E-state index contributed by atoms with van der Waals surface area (Å²) in [4.78, 5) is 51.5. The molecule has 1 aliphatic heterocycles. The number of nitrogens with zero attached hydrogens (tertiary/aromatic N) is 3. The van der Waals surface area contributed by atoms with Gasteiger partial charge in [0.15, 0.2) is 11.4 Å². The molecule has 10 nitrogen and oxygen atoms in total. The molecule has 2 N–H and O–H groups in total. The van der Waals surface area contributed by atoms with Gasteiger partial charge < -0.3 is 20.1 Å². The molecule has 0 fully saturated rings. The van der Waals surface area contributed by atoms with Crippen LogP contribution in [0.4, 0.5) is 13.2 Å². The molecule has 2 atom stereocenters. The van der Waals surface area contributed by atoms with E-state index in [4.69, 9.17) is 4.74 Å². The van der Waals surface area contributed by atoms with E-state index in [2.05, 4.69) is 18.5 Å². The van der Waals surface area contributed by atoms with Crippen molar-refractivity contribution in [1.82, 2.24) is 14.9 Å². The zero-order valence-electron chi connectivity index (χ0n) is 20.5. The second kappa shape index (κ2) is 11.2. The van der Waals surface area contributed by atoms with E-state index < -0.39 is 81.9 Å². The van der Waals surface area contributed by atoms with E-state index in [1.165, 1.54) is 29.0 Å². The van der Waals surface area contributed by atoms with E-state index in [9.17, 15) is 37.5 Å². The minimum absolute atomic E-state index is 0.146. The second-order valence-electron chi connectivity index (χ2n) is 8.38. The number of carbonyl (C=O) groups is 3. The van der Waals surface area contributed by atoms with Crippen LogP contribution in [-0.2, 0) is 16.1 Å². The number of nitrogens with one attached hydrogen (secondary N) is 1. The third-order valence-electron chi connectivity index (χ3n) is 5.92. The van der Waals surface area contributed by atoms with Gasteiger partial charge in [0.2, 0.25) is 5.43 Å². The summed E-state index contributed by atoms with van der Waals surface area (Å²) in [5.41, 5.74) is -2.96. The van der Waals surface area contributed by atoms with E-state index in [0.29, 0.717) is 12.1 Å². The van der Waals surface area contributed by atoms with E-state index in [-0.39, 0.29) is 13.3 Å². The Labute approximate surface area is 215 Å². The number of aromatic hydroxyl groups is 1. The maximum Gasteiger partial charge on any atom is 0.302 e. The number of aromatic nitrogens is 1. The molecule has 2 amide bonds. The van der Waals surface area contributed by atoms with Crippen LogP contribution in [0.1, 0.15) is 40.3 Å². The Kier molecular flexibility index (Phi) is 8.29. The predicted molar refractivity (Wildman–Crippen MR) is 129 cm³/mol. The number of halogens is 3. The third kappa shape index (κ3) is 5.41. The molecule has 0 aliphatic carbocycles. The van der Waals surface area contributed by atoms with Gasteiger partial charge in [-0.3, -0.25) is 28.9 Å².